The SMILES string of the molecule is [2H][C@@](O)(CC[C@H]1CCC(=O)[C@@H]1CCCC[C@@H]1C[C@@]1(O)C(=O)O)[C@H](C)CCCC. The van der Waals surface area contributed by atoms with Gasteiger partial charge in [-0.05, 0) is 56.8 Å². The number of aliphatic carboxylic acids is 1. The van der Waals surface area contributed by atoms with Crippen molar-refractivity contribution in [3.63, 3.8) is 0 Å². The van der Waals surface area contributed by atoms with Gasteiger partial charge in [0, 0.05) is 18.3 Å². The van der Waals surface area contributed by atoms with E-state index in [0.717, 1.165) is 44.9 Å². The fraction of sp³-hybridized carbons (Fsp3) is 0.909. The number of carbonyl (C=O) groups is 2. The Bertz CT molecular complexity index is 549. The predicted molar refractivity (Wildman–Crippen MR) is 104 cm³/mol. The van der Waals surface area contributed by atoms with Gasteiger partial charge >= 0.3 is 5.97 Å². The highest BCUT2D eigenvalue weighted by Crippen LogP contribution is 2.47. The first-order valence-electron chi connectivity index (χ1n) is 11.3. The summed E-state index contributed by atoms with van der Waals surface area (Å²) < 4.78 is 8.28. The average molecular weight is 384 g/mol. The Balaban J connectivity index is 1.73. The molecule has 0 aromatic heterocycles. The number of unbranched alkanes of at least 4 members (excludes halogenated alkanes) is 2. The monoisotopic (exact) mass is 383 g/mol. The van der Waals surface area contributed by atoms with Crippen LogP contribution in [-0.4, -0.2) is 38.8 Å². The van der Waals surface area contributed by atoms with E-state index in [2.05, 4.69) is 6.92 Å². The second-order valence-electron chi connectivity index (χ2n) is 8.86. The molecule has 0 unspecified atom stereocenters. The van der Waals surface area contributed by atoms with Crippen LogP contribution in [0.4, 0.5) is 0 Å². The first kappa shape index (κ1) is 20.8. The standard InChI is InChI=1S/C22H38O5/c1-3-4-7-15(2)19(23)12-10-16-11-13-20(24)18(16)9-6-5-8-17-14-22(17,27)21(25)26/h15-19,23,27H,3-14H2,1-2H3,(H,25,26)/t15-,16+,17-,18-,19-,22+/m1/s1/i19D. The second kappa shape index (κ2) is 10.0. The summed E-state index contributed by atoms with van der Waals surface area (Å²) in [6.45, 7) is 4.05. The Morgan fingerprint density at radius 1 is 1.26 bits per heavy atom. The molecule has 2 aliphatic carbocycles. The normalized spacial score (nSPS) is 34.1. The molecule has 156 valence electrons. The summed E-state index contributed by atoms with van der Waals surface area (Å²) in [4.78, 5) is 23.2. The van der Waals surface area contributed by atoms with E-state index in [1.54, 1.807) is 0 Å². The van der Waals surface area contributed by atoms with Crippen molar-refractivity contribution in [3.05, 3.63) is 0 Å². The lowest BCUT2D eigenvalue weighted by Gasteiger charge is -2.23. The van der Waals surface area contributed by atoms with Crippen molar-refractivity contribution in [3.8, 4) is 0 Å². The number of rotatable bonds is 13. The minimum Gasteiger partial charge on any atom is -0.479 e. The van der Waals surface area contributed by atoms with E-state index in [4.69, 9.17) is 6.48 Å². The molecule has 6 atom stereocenters. The van der Waals surface area contributed by atoms with Gasteiger partial charge in [0.2, 0.25) is 0 Å². The lowest BCUT2D eigenvalue weighted by Crippen LogP contribution is -2.24. The zero-order valence-corrected chi connectivity index (χ0v) is 17.0. The fourth-order valence-electron chi connectivity index (χ4n) is 4.65. The maximum absolute atomic E-state index is 12.3. The van der Waals surface area contributed by atoms with Crippen molar-refractivity contribution in [1.29, 1.82) is 0 Å². The summed E-state index contributed by atoms with van der Waals surface area (Å²) in [5.74, 6) is -0.776. The van der Waals surface area contributed by atoms with Crippen LogP contribution in [0.1, 0.15) is 92.3 Å². The number of carbonyl (C=O) groups excluding carboxylic acids is 1. The van der Waals surface area contributed by atoms with Crippen LogP contribution >= 0.6 is 0 Å². The molecule has 0 amide bonds. The second-order valence-corrected chi connectivity index (χ2v) is 8.86. The number of hydrogen-bond acceptors (Lipinski definition) is 4. The van der Waals surface area contributed by atoms with E-state index in [-0.39, 0.29) is 23.7 Å². The van der Waals surface area contributed by atoms with Crippen LogP contribution in [0.15, 0.2) is 0 Å². The van der Waals surface area contributed by atoms with Crippen LogP contribution in [-0.2, 0) is 9.59 Å². The Morgan fingerprint density at radius 2 is 1.96 bits per heavy atom. The number of Topliss-reactive ketones (excluding diaryl/α,β-unsaturated/α-hetero) is 1. The predicted octanol–water partition coefficient (Wildman–Crippen LogP) is 3.95. The highest BCUT2D eigenvalue weighted by molar-refractivity contribution is 5.83. The quantitative estimate of drug-likeness (QED) is 0.419. The third-order valence-electron chi connectivity index (χ3n) is 6.84. The largest absolute Gasteiger partial charge is 0.479 e. The summed E-state index contributed by atoms with van der Waals surface area (Å²) in [5.41, 5.74) is -1.52. The minimum atomic E-state index is -1.52. The van der Waals surface area contributed by atoms with Gasteiger partial charge in [-0.2, -0.15) is 0 Å². The molecule has 2 aliphatic rings. The Hall–Kier alpha value is -0.940. The minimum absolute atomic E-state index is 0.0132. The molecule has 0 saturated heterocycles. The Morgan fingerprint density at radius 3 is 2.59 bits per heavy atom. The zero-order valence-electron chi connectivity index (χ0n) is 18.0. The fourth-order valence-corrected chi connectivity index (χ4v) is 4.65. The van der Waals surface area contributed by atoms with Gasteiger partial charge in [-0.25, -0.2) is 4.79 Å². The van der Waals surface area contributed by atoms with Crippen molar-refractivity contribution in [1.82, 2.24) is 0 Å². The molecule has 0 aliphatic heterocycles. The van der Waals surface area contributed by atoms with Crippen LogP contribution in [0.3, 0.4) is 0 Å². The highest BCUT2D eigenvalue weighted by atomic mass is 16.4. The molecule has 3 N–H and O–H groups in total. The van der Waals surface area contributed by atoms with Crippen LogP contribution in [0, 0.1) is 23.7 Å². The molecular weight excluding hydrogens is 344 g/mol. The van der Waals surface area contributed by atoms with E-state index in [1.807, 2.05) is 6.92 Å². The third-order valence-corrected chi connectivity index (χ3v) is 6.84. The van der Waals surface area contributed by atoms with Crippen molar-refractivity contribution in [2.24, 2.45) is 23.7 Å². The first-order chi connectivity index (χ1) is 13.1. The molecule has 0 aromatic rings. The first-order valence-corrected chi connectivity index (χ1v) is 10.8. The van der Waals surface area contributed by atoms with Gasteiger partial charge in [-0.15, -0.1) is 0 Å². The van der Waals surface area contributed by atoms with Gasteiger partial charge in [0.05, 0.1) is 7.45 Å². The molecule has 2 rings (SSSR count). The van der Waals surface area contributed by atoms with Gasteiger partial charge in [-0.1, -0.05) is 39.5 Å². The van der Waals surface area contributed by atoms with Crippen molar-refractivity contribution < 1.29 is 26.3 Å². The smallest absolute Gasteiger partial charge is 0.335 e. The Kier molecular flexibility index (Phi) is 7.71. The lowest BCUT2D eigenvalue weighted by atomic mass is 9.84. The van der Waals surface area contributed by atoms with E-state index in [9.17, 15) is 19.8 Å². The number of aliphatic hydroxyl groups is 2. The van der Waals surface area contributed by atoms with Crippen LogP contribution in [0.5, 0.6) is 0 Å². The summed E-state index contributed by atoms with van der Waals surface area (Å²) in [5, 5.41) is 29.3. The third kappa shape index (κ3) is 6.02. The average Bonchev–Trinajstić information content (AvgIpc) is 3.18. The van der Waals surface area contributed by atoms with Gasteiger partial charge in [0.1, 0.15) is 5.78 Å². The van der Waals surface area contributed by atoms with Crippen LogP contribution < -0.4 is 0 Å². The molecule has 0 heterocycles. The maximum Gasteiger partial charge on any atom is 0.335 e. The summed E-state index contributed by atoms with van der Waals surface area (Å²) >= 11 is 0. The van der Waals surface area contributed by atoms with E-state index in [1.165, 1.54) is 0 Å². The van der Waals surface area contributed by atoms with Gasteiger partial charge in [0.25, 0.3) is 0 Å². The van der Waals surface area contributed by atoms with Crippen LogP contribution in [0.25, 0.3) is 0 Å². The molecule has 27 heavy (non-hydrogen) atoms. The Labute approximate surface area is 165 Å². The summed E-state index contributed by atoms with van der Waals surface area (Å²) in [6.07, 6.45) is 7.60. The molecule has 5 heteroatoms. The van der Waals surface area contributed by atoms with Gasteiger partial charge < -0.3 is 15.3 Å². The van der Waals surface area contributed by atoms with Crippen molar-refractivity contribution in [2.75, 3.05) is 0 Å². The van der Waals surface area contributed by atoms with Gasteiger partial charge in [-0.3, -0.25) is 4.79 Å². The molecular formula is C22H38O5. The van der Waals surface area contributed by atoms with Crippen molar-refractivity contribution >= 4 is 11.8 Å². The molecule has 0 bridgehead atoms. The van der Waals surface area contributed by atoms with E-state index >= 15 is 0 Å². The van der Waals surface area contributed by atoms with E-state index in [0.29, 0.717) is 37.9 Å². The number of carboxylic acid groups (broad SMARTS) is 1. The lowest BCUT2D eigenvalue weighted by molar-refractivity contribution is -0.150. The summed E-state index contributed by atoms with van der Waals surface area (Å²) in [7, 11) is 0. The molecule has 2 fully saturated rings. The highest BCUT2D eigenvalue weighted by Gasteiger charge is 2.58. The molecule has 0 radical (unpaired) electrons. The maximum atomic E-state index is 12.3. The number of carboxylic acids is 1. The van der Waals surface area contributed by atoms with Gasteiger partial charge in [0.15, 0.2) is 5.60 Å². The summed E-state index contributed by atoms with van der Waals surface area (Å²) in [6, 6.07) is 0. The zero-order chi connectivity index (χ0) is 20.9. The molecule has 5 nitrogen and oxygen atoms in total. The molecule has 2 saturated carbocycles. The van der Waals surface area contributed by atoms with E-state index < -0.39 is 17.7 Å². The van der Waals surface area contributed by atoms with Crippen molar-refractivity contribution in [2.45, 2.75) is 103 Å². The molecule has 0 aromatic carbocycles. The number of ketones is 1. The molecule has 0 spiro atoms. The number of hydrogen-bond donors (Lipinski definition) is 3. The topological polar surface area (TPSA) is 94.8 Å². The van der Waals surface area contributed by atoms with Crippen LogP contribution in [0.2, 0.25) is 0 Å².